The normalized spacial score (nSPS) is 16.2. The lowest BCUT2D eigenvalue weighted by Crippen LogP contribution is -2.50. The molecule has 2 aromatic rings. The number of nitrogens with zero attached hydrogens (tertiary/aromatic N) is 1. The van der Waals surface area contributed by atoms with Gasteiger partial charge in [0.2, 0.25) is 23.5 Å². The second-order valence-corrected chi connectivity index (χ2v) is 9.54. The molecule has 1 saturated carbocycles. The first-order valence-electron chi connectivity index (χ1n) is 11.4. The molecule has 1 aromatic carbocycles. The molecule has 1 atom stereocenters. The number of Topliss-reactive ketones (excluding diaryl/α,β-unsaturated/α-hetero) is 1. The Hall–Kier alpha value is -3.21. The van der Waals surface area contributed by atoms with Crippen LogP contribution in [-0.4, -0.2) is 47.0 Å². The van der Waals surface area contributed by atoms with E-state index in [2.05, 4.69) is 20.9 Å². The van der Waals surface area contributed by atoms with Crippen molar-refractivity contribution in [1.82, 2.24) is 20.9 Å². The predicted molar refractivity (Wildman–Crippen MR) is 126 cm³/mol. The number of aromatic nitrogens is 1. The highest BCUT2D eigenvalue weighted by molar-refractivity contribution is 7.09. The maximum atomic E-state index is 13.3. The molecule has 8 nitrogen and oxygen atoms in total. The number of benzene rings is 1. The summed E-state index contributed by atoms with van der Waals surface area (Å²) in [6, 6.07) is 7.79. The van der Waals surface area contributed by atoms with Crippen LogP contribution in [0.2, 0.25) is 0 Å². The first kappa shape index (κ1) is 26.4. The lowest BCUT2D eigenvalue weighted by Gasteiger charge is -2.27. The van der Waals surface area contributed by atoms with E-state index >= 15 is 0 Å². The Labute approximate surface area is 205 Å². The fourth-order valence-electron chi connectivity index (χ4n) is 3.86. The van der Waals surface area contributed by atoms with E-state index in [0.717, 1.165) is 5.56 Å². The highest BCUT2D eigenvalue weighted by Gasteiger charge is 2.35. The third kappa shape index (κ3) is 8.82. The average molecular weight is 507 g/mol. The Balaban J connectivity index is 1.51. The zero-order chi connectivity index (χ0) is 25.3. The van der Waals surface area contributed by atoms with E-state index in [9.17, 15) is 28.0 Å². The van der Waals surface area contributed by atoms with Gasteiger partial charge >= 0.3 is 0 Å². The molecule has 1 heterocycles. The summed E-state index contributed by atoms with van der Waals surface area (Å²) in [5.41, 5.74) is 0.747. The van der Waals surface area contributed by atoms with E-state index in [1.165, 1.54) is 11.3 Å². The number of rotatable bonds is 11. The summed E-state index contributed by atoms with van der Waals surface area (Å²) in [6.07, 6.45) is 1.80. The van der Waals surface area contributed by atoms with Crippen LogP contribution in [0, 0.1) is 5.92 Å². The van der Waals surface area contributed by atoms with Crippen LogP contribution < -0.4 is 16.0 Å². The molecule has 35 heavy (non-hydrogen) atoms. The van der Waals surface area contributed by atoms with Crippen LogP contribution >= 0.6 is 11.3 Å². The number of hydrogen-bond donors (Lipinski definition) is 3. The first-order valence-corrected chi connectivity index (χ1v) is 12.3. The zero-order valence-electron chi connectivity index (χ0n) is 19.1. The van der Waals surface area contributed by atoms with Crippen molar-refractivity contribution < 1.29 is 28.0 Å². The lowest BCUT2D eigenvalue weighted by atomic mass is 9.84. The summed E-state index contributed by atoms with van der Waals surface area (Å²) in [5, 5.41) is 9.91. The lowest BCUT2D eigenvalue weighted by molar-refractivity contribution is -0.140. The molecular formula is C24H28F2N4O4S. The Morgan fingerprint density at radius 2 is 1.77 bits per heavy atom. The predicted octanol–water partition coefficient (Wildman–Crippen LogP) is 2.39. The number of alkyl halides is 2. The molecule has 1 aliphatic rings. The van der Waals surface area contributed by atoms with Crippen LogP contribution in [0.5, 0.6) is 0 Å². The number of carbonyl (C=O) groups excluding carboxylic acids is 4. The summed E-state index contributed by atoms with van der Waals surface area (Å²) in [5.74, 6) is -5.52. The van der Waals surface area contributed by atoms with Crippen molar-refractivity contribution in [2.24, 2.45) is 5.92 Å². The van der Waals surface area contributed by atoms with Crippen LogP contribution in [0.15, 0.2) is 41.9 Å². The van der Waals surface area contributed by atoms with E-state index in [-0.39, 0.29) is 57.5 Å². The van der Waals surface area contributed by atoms with Gasteiger partial charge in [0.25, 0.3) is 5.91 Å². The summed E-state index contributed by atoms with van der Waals surface area (Å²) < 4.78 is 26.6. The van der Waals surface area contributed by atoms with Crippen LogP contribution in [0.25, 0.3) is 0 Å². The van der Waals surface area contributed by atoms with E-state index in [4.69, 9.17) is 0 Å². The number of ketones is 1. The van der Waals surface area contributed by atoms with E-state index in [1.54, 1.807) is 35.8 Å². The molecule has 0 bridgehead atoms. The monoisotopic (exact) mass is 506 g/mol. The van der Waals surface area contributed by atoms with Gasteiger partial charge in [-0.3, -0.25) is 19.2 Å². The minimum Gasteiger partial charge on any atom is -0.347 e. The zero-order valence-corrected chi connectivity index (χ0v) is 19.9. The topological polar surface area (TPSA) is 117 Å². The molecule has 3 amide bonds. The largest absolute Gasteiger partial charge is 0.347 e. The van der Waals surface area contributed by atoms with E-state index in [1.807, 2.05) is 6.07 Å². The first-order chi connectivity index (χ1) is 16.7. The minimum atomic E-state index is -2.67. The van der Waals surface area contributed by atoms with Gasteiger partial charge in [0.15, 0.2) is 0 Å². The Kier molecular flexibility index (Phi) is 9.41. The summed E-state index contributed by atoms with van der Waals surface area (Å²) in [4.78, 5) is 53.9. The van der Waals surface area contributed by atoms with Gasteiger partial charge in [-0.25, -0.2) is 13.8 Å². The molecule has 3 rings (SSSR count). The summed E-state index contributed by atoms with van der Waals surface area (Å²) in [6.45, 7) is -0.293. The van der Waals surface area contributed by atoms with Crippen molar-refractivity contribution in [3.05, 3.63) is 52.5 Å². The molecule has 1 fully saturated rings. The molecule has 1 aliphatic carbocycles. The Morgan fingerprint density at radius 3 is 2.43 bits per heavy atom. The molecular weight excluding hydrogens is 478 g/mol. The third-order valence-corrected chi connectivity index (χ3v) is 6.58. The smallest absolute Gasteiger partial charge is 0.289 e. The summed E-state index contributed by atoms with van der Waals surface area (Å²) in [7, 11) is 0. The quantitative estimate of drug-likeness (QED) is 0.405. The number of hydrogen-bond acceptors (Lipinski definition) is 6. The van der Waals surface area contributed by atoms with E-state index in [0.29, 0.717) is 5.01 Å². The van der Waals surface area contributed by atoms with Gasteiger partial charge < -0.3 is 16.0 Å². The van der Waals surface area contributed by atoms with Crippen molar-refractivity contribution >= 4 is 34.8 Å². The Morgan fingerprint density at radius 1 is 1.06 bits per heavy atom. The van der Waals surface area contributed by atoms with Crippen molar-refractivity contribution in [1.29, 1.82) is 0 Å². The number of thiazole rings is 1. The molecule has 0 aliphatic heterocycles. The molecule has 0 unspecified atom stereocenters. The second-order valence-electron chi connectivity index (χ2n) is 8.56. The van der Waals surface area contributed by atoms with E-state index < -0.39 is 35.5 Å². The fraction of sp³-hybridized carbons (Fsp3) is 0.458. The van der Waals surface area contributed by atoms with Crippen molar-refractivity contribution in [3.63, 3.8) is 0 Å². The van der Waals surface area contributed by atoms with Crippen molar-refractivity contribution in [3.8, 4) is 0 Å². The van der Waals surface area contributed by atoms with Crippen LogP contribution in [0.1, 0.15) is 42.7 Å². The maximum absolute atomic E-state index is 13.3. The van der Waals surface area contributed by atoms with Crippen LogP contribution in [0.3, 0.4) is 0 Å². The molecule has 3 N–H and O–H groups in total. The van der Waals surface area contributed by atoms with Gasteiger partial charge in [-0.2, -0.15) is 0 Å². The minimum absolute atomic E-state index is 0.0644. The van der Waals surface area contributed by atoms with Crippen molar-refractivity contribution in [2.75, 3.05) is 6.54 Å². The van der Waals surface area contributed by atoms with Gasteiger partial charge in [0.05, 0.1) is 13.1 Å². The molecule has 1 aromatic heterocycles. The third-order valence-electron chi connectivity index (χ3n) is 5.80. The highest BCUT2D eigenvalue weighted by Crippen LogP contribution is 2.37. The molecule has 0 spiro atoms. The van der Waals surface area contributed by atoms with Crippen molar-refractivity contribution in [2.45, 2.75) is 57.0 Å². The SMILES string of the molecule is O=C(CC1CCC(F)(F)CC1)NCC(=O)N[C@H](Cc1ccccc1)C(=O)C(=O)NCc1nccs1. The van der Waals surface area contributed by atoms with Gasteiger partial charge in [0.1, 0.15) is 11.0 Å². The van der Waals surface area contributed by atoms with Gasteiger partial charge in [-0.15, -0.1) is 11.3 Å². The Bertz CT molecular complexity index is 1010. The molecule has 0 saturated heterocycles. The standard InChI is InChI=1S/C24H28F2N4O4S/c25-24(26)8-6-17(7-9-24)13-19(31)28-14-20(32)30-18(12-16-4-2-1-3-5-16)22(33)23(34)29-15-21-27-10-11-35-21/h1-5,10-11,17-18H,6-9,12-15H2,(H,28,31)(H,29,34)(H,30,32)/t18-/m1/s1. The van der Waals surface area contributed by atoms with Gasteiger partial charge in [0, 0.05) is 37.3 Å². The molecule has 188 valence electrons. The number of halogens is 2. The van der Waals surface area contributed by atoms with Gasteiger partial charge in [-0.1, -0.05) is 30.3 Å². The fourth-order valence-corrected chi connectivity index (χ4v) is 4.42. The summed E-state index contributed by atoms with van der Waals surface area (Å²) >= 11 is 1.34. The second kappa shape index (κ2) is 12.5. The van der Waals surface area contributed by atoms with Crippen LogP contribution in [0.4, 0.5) is 8.78 Å². The van der Waals surface area contributed by atoms with Crippen LogP contribution in [-0.2, 0) is 32.1 Å². The van der Waals surface area contributed by atoms with Gasteiger partial charge in [-0.05, 0) is 24.3 Å². The number of nitrogens with one attached hydrogen (secondary N) is 3. The average Bonchev–Trinajstić information content (AvgIpc) is 3.36. The highest BCUT2D eigenvalue weighted by atomic mass is 32.1. The number of amides is 3. The number of carbonyl (C=O) groups is 4. The molecule has 0 radical (unpaired) electrons. The maximum Gasteiger partial charge on any atom is 0.289 e. The molecule has 11 heteroatoms.